The number of nitrogens with two attached hydrogens (primary N) is 1. The highest BCUT2D eigenvalue weighted by atomic mass is 32.2. The largest absolute Gasteiger partial charge is 0.755 e. The molecule has 1 unspecified atom stereocenters. The summed E-state index contributed by atoms with van der Waals surface area (Å²) in [7, 11) is 0. The van der Waals surface area contributed by atoms with E-state index in [1.165, 1.54) is 4.72 Å². The van der Waals surface area contributed by atoms with Gasteiger partial charge >= 0.3 is 6.03 Å². The minimum atomic E-state index is -2.57. The fourth-order valence-electron chi connectivity index (χ4n) is 0.395. The van der Waals surface area contributed by atoms with Gasteiger partial charge in [-0.15, -0.1) is 0 Å². The number of amides is 2. The lowest BCUT2D eigenvalue weighted by Gasteiger charge is -2.00. The molecule has 0 aliphatic carbocycles. The molecule has 0 aliphatic rings. The maximum Gasteiger partial charge on any atom is 0.323 e. The number of hydrogen-bond donors (Lipinski definition) is 2. The highest BCUT2D eigenvalue weighted by molar-refractivity contribution is 7.77. The van der Waals surface area contributed by atoms with Crippen LogP contribution in [0.5, 0.6) is 0 Å². The zero-order valence-corrected chi connectivity index (χ0v) is 7.36. The summed E-state index contributed by atoms with van der Waals surface area (Å²) < 4.78 is 20.2. The Labute approximate surface area is 77.6 Å². The molecule has 0 saturated carbocycles. The molecule has 0 aromatic carbocycles. The van der Waals surface area contributed by atoms with Crippen molar-refractivity contribution in [1.82, 2.24) is 9.71 Å². The zero-order chi connectivity index (χ0) is 10.1. The summed E-state index contributed by atoms with van der Waals surface area (Å²) in [6.07, 6.45) is 3.50. The SMILES string of the molecule is NC(=O)NS(=O)[O-].c1ccncc1. The second-order valence-corrected chi connectivity index (χ2v) is 2.40. The summed E-state index contributed by atoms with van der Waals surface area (Å²) in [4.78, 5) is 13.3. The van der Waals surface area contributed by atoms with Crippen molar-refractivity contribution in [3.8, 4) is 0 Å². The third kappa shape index (κ3) is 10.5. The van der Waals surface area contributed by atoms with Gasteiger partial charge in [-0.1, -0.05) is 6.07 Å². The summed E-state index contributed by atoms with van der Waals surface area (Å²) in [5, 5.41) is 0. The zero-order valence-electron chi connectivity index (χ0n) is 6.54. The lowest BCUT2D eigenvalue weighted by Crippen LogP contribution is -2.30. The molecule has 1 atom stereocenters. The number of primary amides is 1. The Kier molecular flexibility index (Phi) is 6.38. The van der Waals surface area contributed by atoms with Crippen molar-refractivity contribution in [2.45, 2.75) is 0 Å². The molecule has 2 amide bonds. The Morgan fingerprint density at radius 3 is 2.00 bits per heavy atom. The van der Waals surface area contributed by atoms with E-state index in [9.17, 15) is 13.6 Å². The fourth-order valence-corrected chi connectivity index (χ4v) is 0.559. The molecule has 1 aromatic heterocycles. The average molecular weight is 202 g/mol. The maximum atomic E-state index is 9.53. The van der Waals surface area contributed by atoms with Gasteiger partial charge in [-0.25, -0.2) is 4.79 Å². The molecule has 1 heterocycles. The van der Waals surface area contributed by atoms with Crippen molar-refractivity contribution in [3.05, 3.63) is 30.6 Å². The summed E-state index contributed by atoms with van der Waals surface area (Å²) in [6, 6.07) is 4.64. The van der Waals surface area contributed by atoms with Crippen LogP contribution in [-0.2, 0) is 11.3 Å². The monoisotopic (exact) mass is 202 g/mol. The number of aromatic nitrogens is 1. The average Bonchev–Trinajstić information content (AvgIpc) is 2.06. The van der Waals surface area contributed by atoms with Crippen LogP contribution in [-0.4, -0.2) is 19.8 Å². The third-order valence-corrected chi connectivity index (χ3v) is 1.12. The van der Waals surface area contributed by atoms with Crippen LogP contribution in [0.3, 0.4) is 0 Å². The highest BCUT2D eigenvalue weighted by Gasteiger charge is 1.83. The normalized spacial score (nSPS) is 10.5. The van der Waals surface area contributed by atoms with Crippen molar-refractivity contribution in [1.29, 1.82) is 0 Å². The maximum absolute atomic E-state index is 9.53. The molecule has 0 saturated heterocycles. The van der Waals surface area contributed by atoms with E-state index in [0.717, 1.165) is 0 Å². The molecule has 1 rings (SSSR count). The predicted octanol–water partition coefficient (Wildman–Crippen LogP) is -0.470. The minimum Gasteiger partial charge on any atom is -0.755 e. The Hall–Kier alpha value is -1.47. The van der Waals surface area contributed by atoms with Crippen LogP contribution in [0, 0.1) is 0 Å². The smallest absolute Gasteiger partial charge is 0.323 e. The molecule has 3 N–H and O–H groups in total. The number of rotatable bonds is 1. The number of pyridine rings is 1. The molecule has 72 valence electrons. The summed E-state index contributed by atoms with van der Waals surface area (Å²) in [5.74, 6) is 0. The summed E-state index contributed by atoms with van der Waals surface area (Å²) in [6.45, 7) is 0. The highest BCUT2D eigenvalue weighted by Crippen LogP contribution is 1.73. The van der Waals surface area contributed by atoms with Gasteiger partial charge in [-0.3, -0.25) is 13.9 Å². The Balaban J connectivity index is 0.000000223. The van der Waals surface area contributed by atoms with Crippen LogP contribution in [0.25, 0.3) is 0 Å². The molecule has 0 bridgehead atoms. The minimum absolute atomic E-state index is 1.08. The molecule has 6 nitrogen and oxygen atoms in total. The van der Waals surface area contributed by atoms with E-state index >= 15 is 0 Å². The first-order valence-corrected chi connectivity index (χ1v) is 4.20. The van der Waals surface area contributed by atoms with Gasteiger partial charge in [0.25, 0.3) is 0 Å². The van der Waals surface area contributed by atoms with E-state index in [0.29, 0.717) is 0 Å². The van der Waals surface area contributed by atoms with Gasteiger partial charge in [0.15, 0.2) is 0 Å². The first kappa shape index (κ1) is 11.5. The number of nitrogens with one attached hydrogen (secondary N) is 1. The van der Waals surface area contributed by atoms with Gasteiger partial charge in [0, 0.05) is 23.7 Å². The van der Waals surface area contributed by atoms with Crippen LogP contribution >= 0.6 is 0 Å². The number of carbonyl (C=O) groups is 1. The number of urea groups is 1. The molecule has 13 heavy (non-hydrogen) atoms. The molecular weight excluding hydrogens is 194 g/mol. The van der Waals surface area contributed by atoms with Gasteiger partial charge in [0.05, 0.1) is 0 Å². The predicted molar refractivity (Wildman–Crippen MR) is 45.9 cm³/mol. The van der Waals surface area contributed by atoms with Gasteiger partial charge < -0.3 is 10.3 Å². The lowest BCUT2D eigenvalue weighted by atomic mass is 10.5. The molecule has 0 aliphatic heterocycles. The first-order chi connectivity index (χ1) is 6.13. The van der Waals surface area contributed by atoms with E-state index < -0.39 is 17.3 Å². The molecule has 0 radical (unpaired) electrons. The molecule has 7 heteroatoms. The second kappa shape index (κ2) is 7.19. The van der Waals surface area contributed by atoms with Gasteiger partial charge in [0.1, 0.15) is 0 Å². The second-order valence-electron chi connectivity index (χ2n) is 1.73. The van der Waals surface area contributed by atoms with E-state index in [1.54, 1.807) is 12.4 Å². The van der Waals surface area contributed by atoms with Crippen LogP contribution in [0.4, 0.5) is 4.79 Å². The number of hydrogen-bond acceptors (Lipinski definition) is 4. The van der Waals surface area contributed by atoms with Gasteiger partial charge in [-0.2, -0.15) is 0 Å². The van der Waals surface area contributed by atoms with E-state index in [1.807, 2.05) is 18.2 Å². The molecular formula is C6H8N3O3S-. The fraction of sp³-hybridized carbons (Fsp3) is 0. The van der Waals surface area contributed by atoms with Crippen LogP contribution < -0.4 is 10.5 Å². The topological polar surface area (TPSA) is 108 Å². The van der Waals surface area contributed by atoms with Crippen LogP contribution in [0.15, 0.2) is 30.6 Å². The lowest BCUT2D eigenvalue weighted by molar-refractivity contribution is 0.253. The van der Waals surface area contributed by atoms with Crippen molar-refractivity contribution in [3.63, 3.8) is 0 Å². The van der Waals surface area contributed by atoms with E-state index in [2.05, 4.69) is 10.7 Å². The molecule has 1 aromatic rings. The van der Waals surface area contributed by atoms with Crippen LogP contribution in [0.1, 0.15) is 0 Å². The Morgan fingerprint density at radius 1 is 1.38 bits per heavy atom. The quantitative estimate of drug-likeness (QED) is 0.600. The van der Waals surface area contributed by atoms with E-state index in [4.69, 9.17) is 0 Å². The van der Waals surface area contributed by atoms with Gasteiger partial charge in [-0.05, 0) is 12.1 Å². The summed E-state index contributed by atoms with van der Waals surface area (Å²) >= 11 is -2.57. The first-order valence-electron chi connectivity index (χ1n) is 3.13. The molecule has 0 spiro atoms. The van der Waals surface area contributed by atoms with Crippen molar-refractivity contribution in [2.75, 3.05) is 0 Å². The Bertz CT molecular complexity index is 228. The molecule has 0 fully saturated rings. The van der Waals surface area contributed by atoms with Gasteiger partial charge in [0.2, 0.25) is 0 Å². The van der Waals surface area contributed by atoms with Crippen molar-refractivity contribution < 1.29 is 13.6 Å². The number of carbonyl (C=O) groups excluding carboxylic acids is 1. The standard InChI is InChI=1S/C5H5N.CH4N2O3S/c1-2-4-6-5-3-1;2-1(4)3-7(5)6/h1-5H;(H,5,6)(H3,2,3,4)/p-1. The van der Waals surface area contributed by atoms with Crippen molar-refractivity contribution >= 4 is 17.3 Å². The third-order valence-electron chi connectivity index (χ3n) is 0.750. The number of nitrogens with zero attached hydrogens (tertiary/aromatic N) is 1. The van der Waals surface area contributed by atoms with Crippen molar-refractivity contribution in [2.24, 2.45) is 5.73 Å². The van der Waals surface area contributed by atoms with E-state index in [-0.39, 0.29) is 0 Å². The summed E-state index contributed by atoms with van der Waals surface area (Å²) in [5.41, 5.74) is 4.35. The van der Waals surface area contributed by atoms with Crippen LogP contribution in [0.2, 0.25) is 0 Å². The Morgan fingerprint density at radius 2 is 1.92 bits per heavy atom.